The standard InChI is InChI=1S/C14H17NOS/c1-9-6-13(16)4-5-14(9)15-8-12-7-10(2)17-11(12)3/h4-7,15-16H,8H2,1-3H3. The molecule has 0 aliphatic rings. The molecule has 0 radical (unpaired) electrons. The first kappa shape index (κ1) is 12.0. The molecule has 0 aliphatic carbocycles. The molecule has 0 bridgehead atoms. The van der Waals surface area contributed by atoms with Crippen LogP contribution in [0.25, 0.3) is 0 Å². The predicted molar refractivity (Wildman–Crippen MR) is 74.0 cm³/mol. The zero-order valence-electron chi connectivity index (χ0n) is 10.4. The van der Waals surface area contributed by atoms with Crippen molar-refractivity contribution in [3.8, 4) is 5.75 Å². The van der Waals surface area contributed by atoms with Crippen LogP contribution in [0, 0.1) is 20.8 Å². The second kappa shape index (κ2) is 4.80. The van der Waals surface area contributed by atoms with E-state index in [9.17, 15) is 5.11 Å². The first-order valence-corrected chi connectivity index (χ1v) is 6.47. The van der Waals surface area contributed by atoms with Gasteiger partial charge in [-0.3, -0.25) is 0 Å². The molecular formula is C14H17NOS. The topological polar surface area (TPSA) is 32.3 Å². The van der Waals surface area contributed by atoms with E-state index in [1.54, 1.807) is 12.1 Å². The largest absolute Gasteiger partial charge is 0.508 e. The van der Waals surface area contributed by atoms with Gasteiger partial charge < -0.3 is 10.4 Å². The smallest absolute Gasteiger partial charge is 0.115 e. The molecule has 0 fully saturated rings. The van der Waals surface area contributed by atoms with Crippen LogP contribution in [0.15, 0.2) is 24.3 Å². The summed E-state index contributed by atoms with van der Waals surface area (Å²) >= 11 is 1.83. The van der Waals surface area contributed by atoms with Crippen LogP contribution >= 0.6 is 11.3 Å². The molecule has 2 aromatic rings. The van der Waals surface area contributed by atoms with Crippen LogP contribution in [0.3, 0.4) is 0 Å². The number of hydrogen-bond donors (Lipinski definition) is 2. The van der Waals surface area contributed by atoms with E-state index in [0.29, 0.717) is 5.75 Å². The van der Waals surface area contributed by atoms with Crippen LogP contribution in [0.2, 0.25) is 0 Å². The average Bonchev–Trinajstić information content (AvgIpc) is 2.56. The van der Waals surface area contributed by atoms with Gasteiger partial charge >= 0.3 is 0 Å². The van der Waals surface area contributed by atoms with Crippen molar-refractivity contribution in [2.24, 2.45) is 0 Å². The molecule has 0 amide bonds. The van der Waals surface area contributed by atoms with Crippen LogP contribution in [-0.2, 0) is 6.54 Å². The molecule has 0 saturated carbocycles. The average molecular weight is 247 g/mol. The maximum atomic E-state index is 9.34. The fourth-order valence-electron chi connectivity index (χ4n) is 1.90. The van der Waals surface area contributed by atoms with E-state index in [4.69, 9.17) is 0 Å². The molecular weight excluding hydrogens is 230 g/mol. The molecule has 2 nitrogen and oxygen atoms in total. The van der Waals surface area contributed by atoms with Gasteiger partial charge in [0.1, 0.15) is 5.75 Å². The Morgan fingerprint density at radius 1 is 1.18 bits per heavy atom. The van der Waals surface area contributed by atoms with Gasteiger partial charge in [0.25, 0.3) is 0 Å². The van der Waals surface area contributed by atoms with Crippen LogP contribution in [-0.4, -0.2) is 5.11 Å². The summed E-state index contributed by atoms with van der Waals surface area (Å²) in [5.41, 5.74) is 3.49. The molecule has 0 spiro atoms. The van der Waals surface area contributed by atoms with Gasteiger partial charge in [0.15, 0.2) is 0 Å². The maximum absolute atomic E-state index is 9.34. The normalized spacial score (nSPS) is 10.5. The van der Waals surface area contributed by atoms with Crippen LogP contribution in [0.1, 0.15) is 20.9 Å². The summed E-state index contributed by atoms with van der Waals surface area (Å²) in [5, 5.41) is 12.8. The lowest BCUT2D eigenvalue weighted by atomic mass is 10.1. The number of benzene rings is 1. The fraction of sp³-hybridized carbons (Fsp3) is 0.286. The molecule has 0 atom stereocenters. The number of thiophene rings is 1. The Hall–Kier alpha value is -1.48. The van der Waals surface area contributed by atoms with Gasteiger partial charge in [-0.15, -0.1) is 11.3 Å². The zero-order chi connectivity index (χ0) is 12.4. The molecule has 17 heavy (non-hydrogen) atoms. The van der Waals surface area contributed by atoms with Gasteiger partial charge in [-0.1, -0.05) is 0 Å². The second-order valence-corrected chi connectivity index (χ2v) is 5.75. The van der Waals surface area contributed by atoms with E-state index in [2.05, 4.69) is 25.2 Å². The molecule has 90 valence electrons. The molecule has 2 N–H and O–H groups in total. The minimum absolute atomic E-state index is 0.315. The summed E-state index contributed by atoms with van der Waals surface area (Å²) < 4.78 is 0. The van der Waals surface area contributed by atoms with E-state index in [1.807, 2.05) is 24.3 Å². The summed E-state index contributed by atoms with van der Waals surface area (Å²) in [6.45, 7) is 7.11. The van der Waals surface area contributed by atoms with Crippen molar-refractivity contribution in [2.45, 2.75) is 27.3 Å². The number of phenols is 1. The number of hydrogen-bond acceptors (Lipinski definition) is 3. The van der Waals surface area contributed by atoms with E-state index in [-0.39, 0.29) is 0 Å². The Balaban J connectivity index is 2.10. The lowest BCUT2D eigenvalue weighted by Gasteiger charge is -2.09. The van der Waals surface area contributed by atoms with Crippen molar-refractivity contribution in [1.82, 2.24) is 0 Å². The van der Waals surface area contributed by atoms with E-state index in [0.717, 1.165) is 17.8 Å². The number of aryl methyl sites for hydroxylation is 3. The van der Waals surface area contributed by atoms with Crippen molar-refractivity contribution in [1.29, 1.82) is 0 Å². The molecule has 0 saturated heterocycles. The monoisotopic (exact) mass is 247 g/mol. The van der Waals surface area contributed by atoms with E-state index in [1.165, 1.54) is 15.3 Å². The molecule has 2 rings (SSSR count). The molecule has 0 aliphatic heterocycles. The first-order chi connectivity index (χ1) is 8.06. The highest BCUT2D eigenvalue weighted by Crippen LogP contribution is 2.24. The van der Waals surface area contributed by atoms with Crippen molar-refractivity contribution in [2.75, 3.05) is 5.32 Å². The van der Waals surface area contributed by atoms with Gasteiger partial charge in [0, 0.05) is 22.0 Å². The zero-order valence-corrected chi connectivity index (χ0v) is 11.2. The van der Waals surface area contributed by atoms with E-state index < -0.39 is 0 Å². The third kappa shape index (κ3) is 2.80. The van der Waals surface area contributed by atoms with Crippen molar-refractivity contribution in [3.05, 3.63) is 45.1 Å². The third-order valence-corrected chi connectivity index (χ3v) is 3.83. The minimum Gasteiger partial charge on any atom is -0.508 e. The Labute approximate surface area is 106 Å². The highest BCUT2D eigenvalue weighted by Gasteiger charge is 2.04. The summed E-state index contributed by atoms with van der Waals surface area (Å²) in [6.07, 6.45) is 0. The van der Waals surface area contributed by atoms with Gasteiger partial charge in [-0.05, 0) is 56.2 Å². The summed E-state index contributed by atoms with van der Waals surface area (Å²) in [4.78, 5) is 2.72. The van der Waals surface area contributed by atoms with Crippen molar-refractivity contribution < 1.29 is 5.11 Å². The maximum Gasteiger partial charge on any atom is 0.115 e. The molecule has 1 heterocycles. The van der Waals surface area contributed by atoms with E-state index >= 15 is 0 Å². The van der Waals surface area contributed by atoms with Crippen molar-refractivity contribution >= 4 is 17.0 Å². The fourth-order valence-corrected chi connectivity index (χ4v) is 2.84. The number of phenolic OH excluding ortho intramolecular Hbond substituents is 1. The minimum atomic E-state index is 0.315. The first-order valence-electron chi connectivity index (χ1n) is 5.65. The van der Waals surface area contributed by atoms with Crippen LogP contribution in [0.5, 0.6) is 5.75 Å². The quantitative estimate of drug-likeness (QED) is 0.804. The highest BCUT2D eigenvalue weighted by molar-refractivity contribution is 7.12. The van der Waals surface area contributed by atoms with Crippen LogP contribution in [0.4, 0.5) is 5.69 Å². The Morgan fingerprint density at radius 2 is 1.94 bits per heavy atom. The van der Waals surface area contributed by atoms with Gasteiger partial charge in [-0.2, -0.15) is 0 Å². The Bertz CT molecular complexity index is 531. The number of rotatable bonds is 3. The highest BCUT2D eigenvalue weighted by atomic mass is 32.1. The van der Waals surface area contributed by atoms with Gasteiger partial charge in [0.2, 0.25) is 0 Å². The lowest BCUT2D eigenvalue weighted by molar-refractivity contribution is 0.475. The van der Waals surface area contributed by atoms with Crippen LogP contribution < -0.4 is 5.32 Å². The van der Waals surface area contributed by atoms with Gasteiger partial charge in [0.05, 0.1) is 0 Å². The predicted octanol–water partition coefficient (Wildman–Crippen LogP) is 3.99. The SMILES string of the molecule is Cc1cc(CNc2ccc(O)cc2C)c(C)s1. The number of aromatic hydroxyl groups is 1. The second-order valence-electron chi connectivity index (χ2n) is 4.29. The summed E-state index contributed by atoms with van der Waals surface area (Å²) in [7, 11) is 0. The molecule has 1 aromatic carbocycles. The Kier molecular flexibility index (Phi) is 3.38. The Morgan fingerprint density at radius 3 is 2.53 bits per heavy atom. The molecule has 0 unspecified atom stereocenters. The summed E-state index contributed by atoms with van der Waals surface area (Å²) in [6, 6.07) is 7.62. The molecule has 1 aromatic heterocycles. The number of nitrogens with one attached hydrogen (secondary N) is 1. The number of anilines is 1. The lowest BCUT2D eigenvalue weighted by Crippen LogP contribution is -2.00. The van der Waals surface area contributed by atoms with Gasteiger partial charge in [-0.25, -0.2) is 0 Å². The summed E-state index contributed by atoms with van der Waals surface area (Å²) in [5.74, 6) is 0.315. The molecule has 3 heteroatoms. The van der Waals surface area contributed by atoms with Crippen molar-refractivity contribution in [3.63, 3.8) is 0 Å². The third-order valence-electron chi connectivity index (χ3n) is 2.82.